The van der Waals surface area contributed by atoms with Gasteiger partial charge in [0.05, 0.1) is 22.4 Å². The van der Waals surface area contributed by atoms with Gasteiger partial charge >= 0.3 is 12.1 Å². The molecule has 4 rings (SSSR count). The Morgan fingerprint density at radius 2 is 1.64 bits per heavy atom. The molecule has 204 valence electrons. The number of alkyl halides is 3. The van der Waals surface area contributed by atoms with Gasteiger partial charge in [-0.1, -0.05) is 69.3 Å². The number of carboxylic acid groups (broad SMARTS) is 1. The molecule has 1 N–H and O–H groups in total. The highest BCUT2D eigenvalue weighted by atomic mass is 32.2. The van der Waals surface area contributed by atoms with E-state index < -0.39 is 27.7 Å². The van der Waals surface area contributed by atoms with Gasteiger partial charge in [-0.15, -0.1) is 0 Å². The number of benzene rings is 3. The quantitative estimate of drug-likeness (QED) is 0.263. The Hall–Kier alpha value is -3.85. The van der Waals surface area contributed by atoms with E-state index in [9.17, 15) is 31.5 Å². The van der Waals surface area contributed by atoms with Crippen LogP contribution in [0.5, 0.6) is 0 Å². The summed E-state index contributed by atoms with van der Waals surface area (Å²) in [5.41, 5.74) is 1.85. The molecule has 0 bridgehead atoms. The maximum atomic E-state index is 13.6. The highest BCUT2D eigenvalue weighted by Crippen LogP contribution is 2.33. The van der Waals surface area contributed by atoms with E-state index in [1.165, 1.54) is 30.3 Å². The molecule has 0 saturated carbocycles. The van der Waals surface area contributed by atoms with Crippen LogP contribution in [-0.4, -0.2) is 29.2 Å². The molecule has 1 aromatic heterocycles. The van der Waals surface area contributed by atoms with Gasteiger partial charge in [0.2, 0.25) is 10.0 Å². The Morgan fingerprint density at radius 1 is 0.923 bits per heavy atom. The van der Waals surface area contributed by atoms with E-state index in [0.29, 0.717) is 5.56 Å². The van der Waals surface area contributed by atoms with Gasteiger partial charge in [0.25, 0.3) is 0 Å². The van der Waals surface area contributed by atoms with Crippen LogP contribution in [0.3, 0.4) is 0 Å². The summed E-state index contributed by atoms with van der Waals surface area (Å²) in [6.45, 7) is 6.24. The molecular formula is C30H28F3NO4S. The molecule has 0 unspecified atom stereocenters. The van der Waals surface area contributed by atoms with Gasteiger partial charge < -0.3 is 5.11 Å². The summed E-state index contributed by atoms with van der Waals surface area (Å²) in [6, 6.07) is 18.1. The summed E-state index contributed by atoms with van der Waals surface area (Å²) in [5, 5.41) is 9.44. The first-order valence-electron chi connectivity index (χ1n) is 12.2. The molecule has 0 aliphatic rings. The van der Waals surface area contributed by atoms with Crippen molar-refractivity contribution in [3.8, 4) is 0 Å². The Kier molecular flexibility index (Phi) is 7.49. The molecule has 0 aliphatic heterocycles. The van der Waals surface area contributed by atoms with Crippen LogP contribution in [0.15, 0.2) is 78.9 Å². The number of hydrogen-bond donors (Lipinski definition) is 1. The van der Waals surface area contributed by atoms with Gasteiger partial charge in [0.15, 0.2) is 0 Å². The lowest BCUT2D eigenvalue weighted by atomic mass is 9.86. The molecule has 5 nitrogen and oxygen atoms in total. The first-order chi connectivity index (χ1) is 18.1. The zero-order valence-electron chi connectivity index (χ0n) is 21.7. The number of aromatic nitrogens is 1. The Labute approximate surface area is 225 Å². The van der Waals surface area contributed by atoms with E-state index in [0.717, 1.165) is 33.3 Å². The summed E-state index contributed by atoms with van der Waals surface area (Å²) >= 11 is 0. The molecule has 0 radical (unpaired) electrons. The van der Waals surface area contributed by atoms with Gasteiger partial charge in [0, 0.05) is 17.5 Å². The van der Waals surface area contributed by atoms with Gasteiger partial charge in [-0.05, 0) is 58.5 Å². The fourth-order valence-electron chi connectivity index (χ4n) is 4.39. The molecule has 0 amide bonds. The standard InChI is InChI=1S/C30H28F3NO4S/c1-29(2,3)24-11-5-7-20(16-24)9-6-14-39(37,38)34-26(17-21-8-4-10-22(15-21)28(35)36)19-23-18-25(30(31,32)33)12-13-27(23)34/h4-13,15-16,18-19H,14,17H2,1-3H3,(H,35,36). The van der Waals surface area contributed by atoms with Gasteiger partial charge in [-0.25, -0.2) is 17.2 Å². The molecule has 4 aromatic rings. The van der Waals surface area contributed by atoms with Crippen LogP contribution in [-0.2, 0) is 28.0 Å². The van der Waals surface area contributed by atoms with Crippen molar-refractivity contribution in [2.45, 2.75) is 38.8 Å². The summed E-state index contributed by atoms with van der Waals surface area (Å²) in [5.74, 6) is -1.53. The predicted octanol–water partition coefficient (Wildman–Crippen LogP) is 7.14. The molecule has 0 aliphatic carbocycles. The van der Waals surface area contributed by atoms with Crippen molar-refractivity contribution < 1.29 is 31.5 Å². The Balaban J connectivity index is 1.75. The van der Waals surface area contributed by atoms with Crippen LogP contribution in [0.1, 0.15) is 59.1 Å². The second-order valence-electron chi connectivity index (χ2n) is 10.4. The van der Waals surface area contributed by atoms with Crippen LogP contribution >= 0.6 is 0 Å². The summed E-state index contributed by atoms with van der Waals surface area (Å²) in [6.07, 6.45) is -1.36. The van der Waals surface area contributed by atoms with Crippen LogP contribution in [0, 0.1) is 0 Å². The number of halogens is 3. The summed E-state index contributed by atoms with van der Waals surface area (Å²) in [4.78, 5) is 11.4. The second-order valence-corrected chi connectivity index (χ2v) is 12.3. The number of carboxylic acids is 1. The van der Waals surface area contributed by atoms with Crippen molar-refractivity contribution in [1.82, 2.24) is 3.97 Å². The molecule has 0 fully saturated rings. The fourth-order valence-corrected chi connectivity index (χ4v) is 5.82. The average molecular weight is 556 g/mol. The van der Waals surface area contributed by atoms with E-state index in [2.05, 4.69) is 20.8 Å². The van der Waals surface area contributed by atoms with Gasteiger partial charge in [0.1, 0.15) is 0 Å². The van der Waals surface area contributed by atoms with Crippen molar-refractivity contribution >= 4 is 33.0 Å². The lowest BCUT2D eigenvalue weighted by Gasteiger charge is -2.19. The molecule has 0 atom stereocenters. The number of hydrogen-bond acceptors (Lipinski definition) is 3. The SMILES string of the molecule is CC(C)(C)c1cccc(C=CCS(=O)(=O)n2c(Cc3cccc(C(=O)O)c3)cc3cc(C(F)(F)F)ccc32)c1. The molecule has 0 saturated heterocycles. The first kappa shape index (κ1) is 28.2. The monoisotopic (exact) mass is 555 g/mol. The minimum Gasteiger partial charge on any atom is -0.478 e. The van der Waals surface area contributed by atoms with E-state index in [-0.39, 0.29) is 39.7 Å². The van der Waals surface area contributed by atoms with Crippen LogP contribution in [0.2, 0.25) is 0 Å². The number of rotatable bonds is 7. The predicted molar refractivity (Wildman–Crippen MR) is 147 cm³/mol. The number of fused-ring (bicyclic) bond motifs is 1. The van der Waals surface area contributed by atoms with Gasteiger partial charge in [-0.3, -0.25) is 0 Å². The number of nitrogens with zero attached hydrogens (tertiary/aromatic N) is 1. The molecular weight excluding hydrogens is 527 g/mol. The highest BCUT2D eigenvalue weighted by molar-refractivity contribution is 7.90. The van der Waals surface area contributed by atoms with Crippen LogP contribution < -0.4 is 0 Å². The third kappa shape index (κ3) is 6.42. The lowest BCUT2D eigenvalue weighted by Crippen LogP contribution is -2.18. The van der Waals surface area contributed by atoms with Crippen molar-refractivity contribution in [1.29, 1.82) is 0 Å². The maximum absolute atomic E-state index is 13.6. The second kappa shape index (κ2) is 10.4. The van der Waals surface area contributed by atoms with Crippen LogP contribution in [0.25, 0.3) is 17.0 Å². The van der Waals surface area contributed by atoms with Crippen molar-refractivity contribution in [3.05, 3.63) is 112 Å². The van der Waals surface area contributed by atoms with E-state index in [1.807, 2.05) is 24.3 Å². The smallest absolute Gasteiger partial charge is 0.416 e. The number of carbonyl (C=O) groups is 1. The van der Waals surface area contributed by atoms with E-state index >= 15 is 0 Å². The summed E-state index contributed by atoms with van der Waals surface area (Å²) in [7, 11) is -4.05. The molecule has 0 spiro atoms. The Morgan fingerprint density at radius 3 is 2.31 bits per heavy atom. The topological polar surface area (TPSA) is 76.4 Å². The zero-order valence-corrected chi connectivity index (χ0v) is 22.5. The zero-order chi connectivity index (χ0) is 28.6. The largest absolute Gasteiger partial charge is 0.478 e. The number of aromatic carboxylic acids is 1. The van der Waals surface area contributed by atoms with Crippen molar-refractivity contribution in [2.24, 2.45) is 0 Å². The minimum atomic E-state index is -4.59. The summed E-state index contributed by atoms with van der Waals surface area (Å²) < 4.78 is 68.3. The normalized spacial score (nSPS) is 12.9. The maximum Gasteiger partial charge on any atom is 0.416 e. The molecule has 9 heteroatoms. The first-order valence-corrected chi connectivity index (χ1v) is 13.8. The third-order valence-electron chi connectivity index (χ3n) is 6.36. The highest BCUT2D eigenvalue weighted by Gasteiger charge is 2.31. The van der Waals surface area contributed by atoms with Gasteiger partial charge in [-0.2, -0.15) is 13.2 Å². The van der Waals surface area contributed by atoms with E-state index in [1.54, 1.807) is 12.1 Å². The average Bonchev–Trinajstić information content (AvgIpc) is 3.21. The fraction of sp³-hybridized carbons (Fsp3) is 0.233. The van der Waals surface area contributed by atoms with E-state index in [4.69, 9.17) is 0 Å². The van der Waals surface area contributed by atoms with Crippen LogP contribution in [0.4, 0.5) is 13.2 Å². The molecule has 39 heavy (non-hydrogen) atoms. The van der Waals surface area contributed by atoms with Crippen molar-refractivity contribution in [2.75, 3.05) is 5.75 Å². The van der Waals surface area contributed by atoms with Crippen molar-refractivity contribution in [3.63, 3.8) is 0 Å². The lowest BCUT2D eigenvalue weighted by molar-refractivity contribution is -0.137. The minimum absolute atomic E-state index is 0.00766. The molecule has 3 aromatic carbocycles. The Bertz CT molecular complexity index is 1680. The third-order valence-corrected chi connectivity index (χ3v) is 7.97. The molecule has 1 heterocycles.